The number of ether oxygens (including phenoxy) is 1. The third kappa shape index (κ3) is 3.73. The molecule has 5 nitrogen and oxygen atoms in total. The summed E-state index contributed by atoms with van der Waals surface area (Å²) < 4.78 is 10.4. The van der Waals surface area contributed by atoms with Crippen molar-refractivity contribution in [1.82, 2.24) is 9.88 Å². The summed E-state index contributed by atoms with van der Waals surface area (Å²) in [6, 6.07) is 0.219. The molecule has 1 aliphatic heterocycles. The number of hydrogen-bond acceptors (Lipinski definition) is 6. The zero-order valence-corrected chi connectivity index (χ0v) is 12.5. The van der Waals surface area contributed by atoms with Crippen LogP contribution in [0, 0.1) is 13.8 Å². The maximum Gasteiger partial charge on any atom is 0.307 e. The number of thioether (sulfide) groups is 1. The van der Waals surface area contributed by atoms with Gasteiger partial charge in [-0.05, 0) is 6.92 Å². The molecule has 0 aromatic carbocycles. The van der Waals surface area contributed by atoms with Crippen LogP contribution in [0.1, 0.15) is 23.8 Å². The molecule has 0 saturated carbocycles. The van der Waals surface area contributed by atoms with E-state index in [1.165, 1.54) is 7.11 Å². The molecule has 0 amide bonds. The van der Waals surface area contributed by atoms with Crippen molar-refractivity contribution in [1.29, 1.82) is 0 Å². The van der Waals surface area contributed by atoms with Crippen molar-refractivity contribution in [2.24, 2.45) is 0 Å². The van der Waals surface area contributed by atoms with E-state index in [-0.39, 0.29) is 12.0 Å². The number of esters is 1. The lowest BCUT2D eigenvalue weighted by atomic mass is 10.2. The first-order valence-electron chi connectivity index (χ1n) is 6.41. The molecule has 1 aliphatic rings. The highest BCUT2D eigenvalue weighted by atomic mass is 32.2. The number of aryl methyl sites for hydroxylation is 2. The lowest BCUT2D eigenvalue weighted by Crippen LogP contribution is -2.43. The lowest BCUT2D eigenvalue weighted by molar-refractivity contribution is -0.141. The fourth-order valence-electron chi connectivity index (χ4n) is 2.27. The van der Waals surface area contributed by atoms with E-state index in [2.05, 4.69) is 9.88 Å². The summed E-state index contributed by atoms with van der Waals surface area (Å²) in [6.07, 6.45) is 0.440. The van der Waals surface area contributed by atoms with Gasteiger partial charge in [0, 0.05) is 31.0 Å². The molecule has 0 bridgehead atoms. The van der Waals surface area contributed by atoms with Crippen LogP contribution in [0.3, 0.4) is 0 Å². The Labute approximate surface area is 117 Å². The van der Waals surface area contributed by atoms with Gasteiger partial charge in [-0.15, -0.1) is 0 Å². The van der Waals surface area contributed by atoms with E-state index in [1.54, 1.807) is 0 Å². The van der Waals surface area contributed by atoms with Crippen LogP contribution < -0.4 is 0 Å². The van der Waals surface area contributed by atoms with Gasteiger partial charge in [0.1, 0.15) is 5.76 Å². The van der Waals surface area contributed by atoms with Crippen molar-refractivity contribution < 1.29 is 13.9 Å². The molecule has 0 aliphatic carbocycles. The third-order valence-electron chi connectivity index (χ3n) is 3.33. The summed E-state index contributed by atoms with van der Waals surface area (Å²) in [6.45, 7) is 5.49. The Hall–Kier alpha value is -1.01. The van der Waals surface area contributed by atoms with Gasteiger partial charge in [-0.2, -0.15) is 11.8 Å². The summed E-state index contributed by atoms with van der Waals surface area (Å²) >= 11 is 1.88. The molecular formula is C13H20N2O3S. The highest BCUT2D eigenvalue weighted by Crippen LogP contribution is 2.23. The molecule has 6 heteroatoms. The highest BCUT2D eigenvalue weighted by Gasteiger charge is 2.27. The van der Waals surface area contributed by atoms with Gasteiger partial charge >= 0.3 is 5.97 Å². The van der Waals surface area contributed by atoms with E-state index < -0.39 is 0 Å². The Morgan fingerprint density at radius 2 is 2.37 bits per heavy atom. The molecule has 1 aromatic rings. The van der Waals surface area contributed by atoms with E-state index in [9.17, 15) is 4.79 Å². The minimum atomic E-state index is -0.150. The summed E-state index contributed by atoms with van der Waals surface area (Å²) in [5, 5.41) is 0. The molecule has 1 fully saturated rings. The predicted octanol–water partition coefficient (Wildman–Crippen LogP) is 1.77. The molecule has 2 rings (SSSR count). The largest absolute Gasteiger partial charge is 0.469 e. The first-order chi connectivity index (χ1) is 9.10. The average Bonchev–Trinajstić information content (AvgIpc) is 2.70. The molecule has 19 heavy (non-hydrogen) atoms. The van der Waals surface area contributed by atoms with Gasteiger partial charge in [0.15, 0.2) is 5.89 Å². The van der Waals surface area contributed by atoms with Gasteiger partial charge < -0.3 is 9.15 Å². The first-order valence-corrected chi connectivity index (χ1v) is 7.57. The molecule has 2 heterocycles. The highest BCUT2D eigenvalue weighted by molar-refractivity contribution is 7.99. The molecule has 1 aromatic heterocycles. The number of oxazole rings is 1. The zero-order chi connectivity index (χ0) is 13.8. The van der Waals surface area contributed by atoms with Gasteiger partial charge in [-0.3, -0.25) is 9.69 Å². The summed E-state index contributed by atoms with van der Waals surface area (Å²) in [7, 11) is 1.44. The van der Waals surface area contributed by atoms with Crippen LogP contribution in [0.5, 0.6) is 0 Å². The van der Waals surface area contributed by atoms with Gasteiger partial charge in [0.05, 0.1) is 25.8 Å². The second kappa shape index (κ2) is 6.43. The molecule has 106 valence electrons. The number of carbonyl (C=O) groups excluding carboxylic acids is 1. The second-order valence-electron chi connectivity index (χ2n) is 4.72. The van der Waals surface area contributed by atoms with Crippen LogP contribution in [0.25, 0.3) is 0 Å². The molecular weight excluding hydrogens is 264 g/mol. The number of aromatic nitrogens is 1. The summed E-state index contributed by atoms with van der Waals surface area (Å²) in [5.41, 5.74) is 0.938. The van der Waals surface area contributed by atoms with E-state index in [1.807, 2.05) is 25.6 Å². The standard InChI is InChI=1S/C13H20N2O3S/c1-9-12(18-10(2)14-9)7-15-4-5-19-8-11(15)6-13(16)17-3/h11H,4-8H2,1-3H3. The number of hydrogen-bond donors (Lipinski definition) is 0. The topological polar surface area (TPSA) is 55.6 Å². The fraction of sp³-hybridized carbons (Fsp3) is 0.692. The van der Waals surface area contributed by atoms with E-state index in [0.717, 1.165) is 36.0 Å². The second-order valence-corrected chi connectivity index (χ2v) is 5.87. The minimum absolute atomic E-state index is 0.150. The SMILES string of the molecule is COC(=O)CC1CSCCN1Cc1oc(C)nc1C. The lowest BCUT2D eigenvalue weighted by Gasteiger charge is -2.34. The van der Waals surface area contributed by atoms with E-state index in [4.69, 9.17) is 9.15 Å². The van der Waals surface area contributed by atoms with Crippen molar-refractivity contribution in [2.45, 2.75) is 32.9 Å². The Morgan fingerprint density at radius 1 is 1.58 bits per heavy atom. The Morgan fingerprint density at radius 3 is 3.00 bits per heavy atom. The molecule has 0 N–H and O–H groups in total. The van der Waals surface area contributed by atoms with Gasteiger partial charge in [-0.25, -0.2) is 4.98 Å². The number of carbonyl (C=O) groups is 1. The van der Waals surface area contributed by atoms with Crippen molar-refractivity contribution >= 4 is 17.7 Å². The molecule has 0 spiro atoms. The summed E-state index contributed by atoms with van der Waals surface area (Å²) in [4.78, 5) is 18.0. The average molecular weight is 284 g/mol. The van der Waals surface area contributed by atoms with Crippen LogP contribution in [0.2, 0.25) is 0 Å². The maximum absolute atomic E-state index is 11.5. The van der Waals surface area contributed by atoms with Crippen LogP contribution in [0.15, 0.2) is 4.42 Å². The summed E-state index contributed by atoms with van der Waals surface area (Å²) in [5.74, 6) is 3.50. The van der Waals surface area contributed by atoms with Gasteiger partial charge in [-0.1, -0.05) is 0 Å². The number of methoxy groups -OCH3 is 1. The van der Waals surface area contributed by atoms with Crippen LogP contribution in [0.4, 0.5) is 0 Å². The smallest absolute Gasteiger partial charge is 0.307 e. The Balaban J connectivity index is 2.03. The third-order valence-corrected chi connectivity index (χ3v) is 4.42. The van der Waals surface area contributed by atoms with Crippen LogP contribution >= 0.6 is 11.8 Å². The first kappa shape index (κ1) is 14.4. The molecule has 1 unspecified atom stereocenters. The molecule has 1 atom stereocenters. The van der Waals surface area contributed by atoms with Crippen molar-refractivity contribution in [3.63, 3.8) is 0 Å². The predicted molar refractivity (Wildman–Crippen MR) is 74.1 cm³/mol. The normalized spacial score (nSPS) is 20.5. The monoisotopic (exact) mass is 284 g/mol. The number of rotatable bonds is 4. The van der Waals surface area contributed by atoms with E-state index >= 15 is 0 Å². The molecule has 1 saturated heterocycles. The van der Waals surface area contributed by atoms with Gasteiger partial charge in [0.25, 0.3) is 0 Å². The van der Waals surface area contributed by atoms with Crippen LogP contribution in [-0.4, -0.2) is 47.1 Å². The minimum Gasteiger partial charge on any atom is -0.469 e. The van der Waals surface area contributed by atoms with E-state index in [0.29, 0.717) is 12.3 Å². The fourth-order valence-corrected chi connectivity index (χ4v) is 3.40. The van der Waals surface area contributed by atoms with Crippen LogP contribution in [-0.2, 0) is 16.1 Å². The zero-order valence-electron chi connectivity index (χ0n) is 11.6. The Kier molecular flexibility index (Phi) is 4.87. The van der Waals surface area contributed by atoms with Crippen molar-refractivity contribution in [3.05, 3.63) is 17.3 Å². The van der Waals surface area contributed by atoms with Crippen molar-refractivity contribution in [3.8, 4) is 0 Å². The van der Waals surface area contributed by atoms with Gasteiger partial charge in [0.2, 0.25) is 0 Å². The van der Waals surface area contributed by atoms with Crippen molar-refractivity contribution in [2.75, 3.05) is 25.2 Å². The number of nitrogens with zero attached hydrogens (tertiary/aromatic N) is 2. The Bertz CT molecular complexity index is 447. The molecule has 0 radical (unpaired) electrons. The maximum atomic E-state index is 11.5. The quantitative estimate of drug-likeness (QED) is 0.786.